The molecule has 1 heterocycles. The quantitative estimate of drug-likeness (QED) is 0.186. The van der Waals surface area contributed by atoms with Crippen LogP contribution in [0.5, 0.6) is 5.75 Å². The van der Waals surface area contributed by atoms with Crippen LogP contribution in [-0.4, -0.2) is 48.5 Å². The zero-order valence-corrected chi connectivity index (χ0v) is 23.9. The molecule has 8 nitrogen and oxygen atoms in total. The Kier molecular flexibility index (Phi) is 6.55. The van der Waals surface area contributed by atoms with Gasteiger partial charge in [0.25, 0.3) is 5.79 Å². The molecular weight excluding hydrogens is 754 g/mol. The molecule has 4 fully saturated rings. The number of ether oxygens (including phenoxy) is 3. The van der Waals surface area contributed by atoms with Crippen LogP contribution < -0.4 is 4.74 Å². The van der Waals surface area contributed by atoms with Crippen LogP contribution in [0, 0.1) is 30.3 Å². The Morgan fingerprint density at radius 1 is 1.11 bits per heavy atom. The van der Waals surface area contributed by atoms with Crippen molar-refractivity contribution in [2.24, 2.45) is 23.2 Å². The molecule has 2 unspecified atom stereocenters. The first-order chi connectivity index (χ1) is 17.0. The lowest BCUT2D eigenvalue weighted by atomic mass is 9.47. The number of benzene rings is 1. The standard InChI is InChI=1S/C22H20F4I2O8S/c23-20(24,22(25,26)37(31,32)33)1-2-34-18(30)19-7-10-3-11(8-19)21(12(4-10)9-19)35-16-14(17(29)36-21)5-13(27)6-15(16)28/h5-6,10-12H,1-4,7-9H2,(H,31,32,33). The molecule has 4 saturated carbocycles. The van der Waals surface area contributed by atoms with Gasteiger partial charge in [-0.3, -0.25) is 9.35 Å². The van der Waals surface area contributed by atoms with E-state index in [1.807, 2.05) is 6.07 Å². The summed E-state index contributed by atoms with van der Waals surface area (Å²) in [6.45, 7) is -1.17. The number of fused-ring (bicyclic) bond motifs is 1. The van der Waals surface area contributed by atoms with E-state index in [1.165, 1.54) is 0 Å². The van der Waals surface area contributed by atoms with E-state index >= 15 is 0 Å². The van der Waals surface area contributed by atoms with Gasteiger partial charge in [-0.2, -0.15) is 26.0 Å². The van der Waals surface area contributed by atoms with Gasteiger partial charge in [0.05, 0.1) is 22.0 Å². The van der Waals surface area contributed by atoms with Gasteiger partial charge < -0.3 is 14.2 Å². The van der Waals surface area contributed by atoms with Gasteiger partial charge in [-0.1, -0.05) is 0 Å². The van der Waals surface area contributed by atoms with Crippen LogP contribution in [0.4, 0.5) is 17.6 Å². The van der Waals surface area contributed by atoms with E-state index in [9.17, 15) is 35.6 Å². The summed E-state index contributed by atoms with van der Waals surface area (Å²) in [5.41, 5.74) is -0.773. The number of rotatable bonds is 6. The van der Waals surface area contributed by atoms with Gasteiger partial charge in [-0.05, 0) is 95.3 Å². The molecule has 15 heteroatoms. The van der Waals surface area contributed by atoms with Crippen LogP contribution in [-0.2, 0) is 24.4 Å². The number of hydrogen-bond donors (Lipinski definition) is 1. The zero-order valence-electron chi connectivity index (χ0n) is 18.8. The normalized spacial score (nSPS) is 32.6. The van der Waals surface area contributed by atoms with Crippen LogP contribution in [0.2, 0.25) is 0 Å². The van der Waals surface area contributed by atoms with E-state index in [-0.39, 0.29) is 30.6 Å². The Morgan fingerprint density at radius 2 is 1.73 bits per heavy atom. The lowest BCUT2D eigenvalue weighted by Gasteiger charge is -2.62. The number of halogens is 6. The first kappa shape index (κ1) is 27.6. The Labute approximate surface area is 236 Å². The second-order valence-corrected chi connectivity index (χ2v) is 14.1. The average molecular weight is 774 g/mol. The number of carbonyl (C=O) groups excluding carboxylic acids is 2. The van der Waals surface area contributed by atoms with Gasteiger partial charge in [0.1, 0.15) is 5.56 Å². The highest BCUT2D eigenvalue weighted by Gasteiger charge is 2.70. The van der Waals surface area contributed by atoms with Crippen LogP contribution in [0.25, 0.3) is 0 Å². The number of hydrogen-bond acceptors (Lipinski definition) is 7. The molecule has 0 saturated heterocycles. The molecule has 6 rings (SSSR count). The summed E-state index contributed by atoms with van der Waals surface area (Å²) in [6.07, 6.45) is 0.241. The Bertz CT molecular complexity index is 1270. The largest absolute Gasteiger partial charge is 0.465 e. The van der Waals surface area contributed by atoms with Crippen molar-refractivity contribution in [2.45, 2.75) is 55.5 Å². The topological polar surface area (TPSA) is 116 Å². The van der Waals surface area contributed by atoms with Gasteiger partial charge in [0.15, 0.2) is 5.75 Å². The molecular formula is C22H20F4I2O8S. The predicted molar refractivity (Wildman–Crippen MR) is 134 cm³/mol. The lowest BCUT2D eigenvalue weighted by molar-refractivity contribution is -0.294. The molecule has 0 radical (unpaired) electrons. The fourth-order valence-electron chi connectivity index (χ4n) is 6.47. The summed E-state index contributed by atoms with van der Waals surface area (Å²) in [5, 5.41) is -5.73. The minimum Gasteiger partial charge on any atom is -0.465 e. The highest BCUT2D eigenvalue weighted by atomic mass is 127. The molecule has 4 bridgehead atoms. The zero-order chi connectivity index (χ0) is 27.2. The van der Waals surface area contributed by atoms with Crippen LogP contribution in [0.3, 0.4) is 0 Å². The maximum absolute atomic E-state index is 13.8. The fraction of sp³-hybridized carbons (Fsp3) is 0.636. The van der Waals surface area contributed by atoms with Crippen LogP contribution in [0.15, 0.2) is 12.1 Å². The van der Waals surface area contributed by atoms with Crippen molar-refractivity contribution in [1.29, 1.82) is 0 Å². The summed E-state index contributed by atoms with van der Waals surface area (Å²) in [6, 6.07) is 3.53. The minimum atomic E-state index is -6.37. The molecule has 1 aliphatic heterocycles. The first-order valence-electron chi connectivity index (χ1n) is 11.3. The van der Waals surface area contributed by atoms with Gasteiger partial charge in [0.2, 0.25) is 0 Å². The maximum Gasteiger partial charge on any atom is 0.431 e. The monoisotopic (exact) mass is 774 g/mol. The summed E-state index contributed by atoms with van der Waals surface area (Å²) in [4.78, 5) is 26.1. The maximum atomic E-state index is 13.8. The number of esters is 2. The van der Waals surface area contributed by atoms with Crippen molar-refractivity contribution >= 4 is 67.2 Å². The second-order valence-electron chi connectivity index (χ2n) is 10.2. The van der Waals surface area contributed by atoms with Gasteiger partial charge in [0, 0.05) is 15.4 Å². The van der Waals surface area contributed by atoms with E-state index in [2.05, 4.69) is 45.2 Å². The summed E-state index contributed by atoms with van der Waals surface area (Å²) in [5.74, 6) is -8.06. The summed E-state index contributed by atoms with van der Waals surface area (Å²) >= 11 is 4.17. The molecule has 37 heavy (non-hydrogen) atoms. The van der Waals surface area contributed by atoms with Crippen LogP contribution in [0.1, 0.15) is 48.9 Å². The van der Waals surface area contributed by atoms with Gasteiger partial charge >= 0.3 is 33.2 Å². The average Bonchev–Trinajstić information content (AvgIpc) is 2.77. The molecule has 204 valence electrons. The first-order valence-corrected chi connectivity index (χ1v) is 14.9. The van der Waals surface area contributed by atoms with Crippen molar-refractivity contribution in [2.75, 3.05) is 6.61 Å². The van der Waals surface area contributed by atoms with Crippen molar-refractivity contribution in [3.63, 3.8) is 0 Å². The van der Waals surface area contributed by atoms with Crippen molar-refractivity contribution in [3.8, 4) is 5.75 Å². The fourth-order valence-corrected chi connectivity index (χ4v) is 8.90. The van der Waals surface area contributed by atoms with Crippen LogP contribution >= 0.6 is 45.2 Å². The van der Waals surface area contributed by atoms with E-state index in [1.54, 1.807) is 6.07 Å². The molecule has 5 aliphatic rings. The Hall–Kier alpha value is -0.950. The minimum absolute atomic E-state index is 0.0699. The molecule has 0 amide bonds. The molecule has 1 aromatic carbocycles. The van der Waals surface area contributed by atoms with Gasteiger partial charge in [-0.25, -0.2) is 4.79 Å². The number of carbonyl (C=O) groups is 2. The van der Waals surface area contributed by atoms with Crippen molar-refractivity contribution < 1.29 is 54.3 Å². The van der Waals surface area contributed by atoms with Gasteiger partial charge in [-0.15, -0.1) is 0 Å². The van der Waals surface area contributed by atoms with E-state index < -0.39 is 57.5 Å². The third-order valence-corrected chi connectivity index (χ3v) is 10.3. The van der Waals surface area contributed by atoms with Crippen molar-refractivity contribution in [3.05, 3.63) is 24.8 Å². The predicted octanol–water partition coefficient (Wildman–Crippen LogP) is 5.02. The molecule has 0 aromatic heterocycles. The lowest BCUT2D eigenvalue weighted by Crippen LogP contribution is -2.67. The molecule has 1 N–H and O–H groups in total. The summed E-state index contributed by atoms with van der Waals surface area (Å²) in [7, 11) is -6.37. The molecule has 2 atom stereocenters. The van der Waals surface area contributed by atoms with E-state index in [0.29, 0.717) is 30.6 Å². The van der Waals surface area contributed by atoms with Crippen molar-refractivity contribution in [1.82, 2.24) is 0 Å². The molecule has 4 aliphatic carbocycles. The number of alkyl halides is 4. The highest BCUT2D eigenvalue weighted by Crippen LogP contribution is 2.66. The Morgan fingerprint density at radius 3 is 2.32 bits per heavy atom. The molecule has 1 spiro atoms. The third-order valence-electron chi connectivity index (χ3n) is 7.90. The van der Waals surface area contributed by atoms with E-state index in [4.69, 9.17) is 18.8 Å². The third kappa shape index (κ3) is 4.24. The SMILES string of the molecule is O=C1OC2(Oc3c(I)cc(I)cc31)C1CC3CC2CC(C(=O)OCCC(F)(F)C(F)(F)S(=O)(=O)O)(C3)C1. The highest BCUT2D eigenvalue weighted by molar-refractivity contribution is 14.1. The molecule has 1 aromatic rings. The van der Waals surface area contributed by atoms with E-state index in [0.717, 1.165) is 7.14 Å². The Balaban J connectivity index is 1.33. The summed E-state index contributed by atoms with van der Waals surface area (Å²) < 4.78 is 103. The smallest absolute Gasteiger partial charge is 0.431 e. The second kappa shape index (κ2) is 8.78.